The topological polar surface area (TPSA) is 72.1 Å². The molecule has 1 unspecified atom stereocenters. The number of H-pyrrole nitrogens is 1. The minimum Gasteiger partial charge on any atom is -0.461 e. The predicted molar refractivity (Wildman–Crippen MR) is 82.7 cm³/mol. The quantitative estimate of drug-likeness (QED) is 0.600. The van der Waals surface area contributed by atoms with Crippen molar-refractivity contribution in [3.63, 3.8) is 0 Å². The van der Waals surface area contributed by atoms with Crippen LogP contribution in [0.25, 0.3) is 0 Å². The Bertz CT molecular complexity index is 594. The molecule has 1 aromatic heterocycles. The zero-order chi connectivity index (χ0) is 15.8. The van der Waals surface area contributed by atoms with Crippen molar-refractivity contribution in [1.29, 1.82) is 0 Å². The second-order valence-electron chi connectivity index (χ2n) is 5.11. The summed E-state index contributed by atoms with van der Waals surface area (Å²) in [5.41, 5.74) is 0.488. The van der Waals surface area contributed by atoms with Crippen LogP contribution >= 0.6 is 0 Å². The fourth-order valence-electron chi connectivity index (χ4n) is 2.17. The van der Waals surface area contributed by atoms with E-state index in [0.717, 1.165) is 12.8 Å². The van der Waals surface area contributed by atoms with Gasteiger partial charge in [0.2, 0.25) is 5.78 Å². The van der Waals surface area contributed by atoms with Crippen molar-refractivity contribution in [3.8, 4) is 0 Å². The van der Waals surface area contributed by atoms with Crippen LogP contribution in [0, 0.1) is 5.92 Å². The lowest BCUT2D eigenvalue weighted by Crippen LogP contribution is -2.23. The fraction of sp³-hybridized carbons (Fsp3) is 0.353. The molecule has 22 heavy (non-hydrogen) atoms. The highest BCUT2D eigenvalue weighted by atomic mass is 16.5. The number of ether oxygens (including phenoxy) is 1. The van der Waals surface area contributed by atoms with Crippen LogP contribution in [0.15, 0.2) is 42.7 Å². The molecule has 1 heterocycles. The van der Waals surface area contributed by atoms with Crippen molar-refractivity contribution in [2.24, 2.45) is 5.92 Å². The number of benzene rings is 1. The molecule has 1 aromatic carbocycles. The number of nitrogens with one attached hydrogen (secondary N) is 1. The maximum absolute atomic E-state index is 12.4. The Morgan fingerprint density at radius 2 is 2.05 bits per heavy atom. The third-order valence-corrected chi connectivity index (χ3v) is 3.43. The number of carbonyl (C=O) groups is 2. The average molecular weight is 300 g/mol. The van der Waals surface area contributed by atoms with Gasteiger partial charge in [-0.3, -0.25) is 4.79 Å². The van der Waals surface area contributed by atoms with Crippen molar-refractivity contribution < 1.29 is 14.3 Å². The molecule has 0 bridgehead atoms. The molecule has 2 rings (SSSR count). The number of aromatic nitrogens is 2. The van der Waals surface area contributed by atoms with Crippen molar-refractivity contribution >= 4 is 11.8 Å². The number of esters is 1. The predicted octanol–water partition coefficient (Wildman–Crippen LogP) is 3.26. The van der Waals surface area contributed by atoms with E-state index in [9.17, 15) is 9.59 Å². The Balaban J connectivity index is 1.98. The first-order valence-corrected chi connectivity index (χ1v) is 7.48. The van der Waals surface area contributed by atoms with E-state index < -0.39 is 5.97 Å². The number of imidazole rings is 1. The van der Waals surface area contributed by atoms with E-state index >= 15 is 0 Å². The largest absolute Gasteiger partial charge is 0.461 e. The monoisotopic (exact) mass is 300 g/mol. The van der Waals surface area contributed by atoms with Crippen LogP contribution in [0.3, 0.4) is 0 Å². The second-order valence-corrected chi connectivity index (χ2v) is 5.11. The fourth-order valence-corrected chi connectivity index (χ4v) is 2.17. The summed E-state index contributed by atoms with van der Waals surface area (Å²) in [4.78, 5) is 31.1. The van der Waals surface area contributed by atoms with E-state index in [1.807, 2.05) is 6.07 Å². The smallest absolute Gasteiger partial charge is 0.338 e. The van der Waals surface area contributed by atoms with Crippen LogP contribution in [0.1, 0.15) is 47.2 Å². The third-order valence-electron chi connectivity index (χ3n) is 3.43. The summed E-state index contributed by atoms with van der Waals surface area (Å²) in [5, 5.41) is 0. The molecule has 0 spiro atoms. The molecule has 2 aromatic rings. The zero-order valence-corrected chi connectivity index (χ0v) is 12.6. The molecule has 0 saturated carbocycles. The number of Topliss-reactive ketones (excluding diaryl/α,β-unsaturated/α-hetero) is 1. The lowest BCUT2D eigenvalue weighted by molar-refractivity contribution is 0.0420. The Hall–Kier alpha value is -2.43. The summed E-state index contributed by atoms with van der Waals surface area (Å²) in [7, 11) is 0. The number of hydrogen-bond acceptors (Lipinski definition) is 4. The van der Waals surface area contributed by atoms with Crippen molar-refractivity contribution in [2.45, 2.75) is 26.2 Å². The minimum atomic E-state index is -0.408. The van der Waals surface area contributed by atoms with Gasteiger partial charge in [-0.15, -0.1) is 0 Å². The number of aromatic amines is 1. The maximum atomic E-state index is 12.4. The molecule has 0 saturated heterocycles. The van der Waals surface area contributed by atoms with Gasteiger partial charge < -0.3 is 9.72 Å². The van der Waals surface area contributed by atoms with Gasteiger partial charge in [0, 0.05) is 12.4 Å². The van der Waals surface area contributed by atoms with Gasteiger partial charge in [-0.25, -0.2) is 9.78 Å². The third kappa shape index (κ3) is 4.28. The van der Waals surface area contributed by atoms with E-state index in [1.54, 1.807) is 36.7 Å². The second kappa shape index (κ2) is 8.12. The van der Waals surface area contributed by atoms with Gasteiger partial charge >= 0.3 is 5.97 Å². The number of hydrogen-bond donors (Lipinski definition) is 1. The molecule has 1 N–H and O–H groups in total. The number of unbranched alkanes of at least 4 members (excludes halogenated alkanes) is 1. The van der Waals surface area contributed by atoms with Gasteiger partial charge in [-0.1, -0.05) is 38.0 Å². The Labute approximate surface area is 129 Å². The first-order valence-electron chi connectivity index (χ1n) is 7.48. The van der Waals surface area contributed by atoms with E-state index in [2.05, 4.69) is 16.9 Å². The van der Waals surface area contributed by atoms with E-state index in [0.29, 0.717) is 17.8 Å². The van der Waals surface area contributed by atoms with Gasteiger partial charge in [-0.05, 0) is 18.6 Å². The van der Waals surface area contributed by atoms with Crippen LogP contribution in [0.5, 0.6) is 0 Å². The van der Waals surface area contributed by atoms with Gasteiger partial charge in [0.05, 0.1) is 11.5 Å². The van der Waals surface area contributed by atoms with Crippen LogP contribution in [-0.4, -0.2) is 28.3 Å². The van der Waals surface area contributed by atoms with Gasteiger partial charge in [0.25, 0.3) is 0 Å². The molecule has 1 atom stereocenters. The molecular formula is C17H20N2O3. The van der Waals surface area contributed by atoms with Gasteiger partial charge in [0.1, 0.15) is 6.61 Å². The molecule has 0 radical (unpaired) electrons. The Morgan fingerprint density at radius 1 is 1.27 bits per heavy atom. The Kier molecular flexibility index (Phi) is 5.89. The first-order chi connectivity index (χ1) is 10.7. The summed E-state index contributed by atoms with van der Waals surface area (Å²) in [5.74, 6) is -0.565. The van der Waals surface area contributed by atoms with Crippen LogP contribution in [-0.2, 0) is 4.74 Å². The van der Waals surface area contributed by atoms with Crippen molar-refractivity contribution in [1.82, 2.24) is 9.97 Å². The molecule has 116 valence electrons. The average Bonchev–Trinajstić information content (AvgIpc) is 3.09. The lowest BCUT2D eigenvalue weighted by atomic mass is 9.98. The molecule has 5 nitrogen and oxygen atoms in total. The van der Waals surface area contributed by atoms with E-state index in [4.69, 9.17) is 4.74 Å². The van der Waals surface area contributed by atoms with Crippen molar-refractivity contribution in [3.05, 3.63) is 54.1 Å². The van der Waals surface area contributed by atoms with Gasteiger partial charge in [0.15, 0.2) is 5.82 Å². The van der Waals surface area contributed by atoms with Gasteiger partial charge in [-0.2, -0.15) is 0 Å². The molecule has 5 heteroatoms. The summed E-state index contributed by atoms with van der Waals surface area (Å²) in [6.07, 6.45) is 5.72. The molecular weight excluding hydrogens is 280 g/mol. The lowest BCUT2D eigenvalue weighted by Gasteiger charge is -2.14. The molecule has 0 amide bonds. The normalized spacial score (nSPS) is 11.9. The van der Waals surface area contributed by atoms with E-state index in [-0.39, 0.29) is 18.3 Å². The minimum absolute atomic E-state index is 0.0766. The highest BCUT2D eigenvalue weighted by molar-refractivity contribution is 5.95. The maximum Gasteiger partial charge on any atom is 0.338 e. The molecule has 0 fully saturated rings. The summed E-state index contributed by atoms with van der Waals surface area (Å²) in [6, 6.07) is 8.77. The first kappa shape index (κ1) is 15.9. The summed E-state index contributed by atoms with van der Waals surface area (Å²) in [6.45, 7) is 2.14. The number of rotatable bonds is 8. The van der Waals surface area contributed by atoms with Crippen LogP contribution in [0.2, 0.25) is 0 Å². The number of carbonyl (C=O) groups excluding carboxylic acids is 2. The van der Waals surface area contributed by atoms with E-state index in [1.165, 1.54) is 0 Å². The number of ketones is 1. The highest BCUT2D eigenvalue weighted by Crippen LogP contribution is 2.15. The van der Waals surface area contributed by atoms with Crippen LogP contribution in [0.4, 0.5) is 0 Å². The highest BCUT2D eigenvalue weighted by Gasteiger charge is 2.23. The molecule has 0 aliphatic carbocycles. The summed E-state index contributed by atoms with van der Waals surface area (Å²) < 4.78 is 5.31. The Morgan fingerprint density at radius 3 is 2.68 bits per heavy atom. The summed E-state index contributed by atoms with van der Waals surface area (Å²) >= 11 is 0. The molecule has 0 aliphatic rings. The van der Waals surface area contributed by atoms with Crippen molar-refractivity contribution in [2.75, 3.05) is 6.61 Å². The standard InChI is InChI=1S/C17H20N2O3/c1-2-3-7-14(15(20)16-18-10-11-19-16)12-22-17(21)13-8-5-4-6-9-13/h4-6,8-11,14H,2-3,7,12H2,1H3,(H,18,19). The number of nitrogens with zero attached hydrogens (tertiary/aromatic N) is 1. The van der Waals surface area contributed by atoms with Crippen LogP contribution < -0.4 is 0 Å². The zero-order valence-electron chi connectivity index (χ0n) is 12.6. The SMILES string of the molecule is CCCCC(COC(=O)c1ccccc1)C(=O)c1ncc[nH]1. The molecule has 0 aliphatic heterocycles.